The van der Waals surface area contributed by atoms with Gasteiger partial charge in [-0.2, -0.15) is 5.10 Å². The third kappa shape index (κ3) is 3.69. The van der Waals surface area contributed by atoms with Crippen molar-refractivity contribution in [1.82, 2.24) is 25.6 Å². The molecule has 11 heteroatoms. The maximum Gasteiger partial charge on any atom is 0.261 e. The number of anilines is 1. The normalized spacial score (nSPS) is 10.8. The molecule has 0 saturated carbocycles. The molecule has 2 rings (SSSR count). The molecule has 2 aromatic rings. The lowest BCUT2D eigenvalue weighted by atomic mass is 10.2. The molecule has 0 bridgehead atoms. The van der Waals surface area contributed by atoms with Crippen LogP contribution in [-0.2, 0) is 11.3 Å². The number of nitrogens with two attached hydrogens (primary N) is 1. The van der Waals surface area contributed by atoms with Gasteiger partial charge in [-0.05, 0) is 38.5 Å². The highest BCUT2D eigenvalue weighted by atomic mass is 79.9. The molecule has 1 aromatic carbocycles. The van der Waals surface area contributed by atoms with Gasteiger partial charge in [0.1, 0.15) is 6.54 Å². The second-order valence-electron chi connectivity index (χ2n) is 4.03. The van der Waals surface area contributed by atoms with Crippen molar-refractivity contribution < 1.29 is 14.6 Å². The summed E-state index contributed by atoms with van der Waals surface area (Å²) < 4.78 is 6.71. The number of carbonyl (C=O) groups excluding carboxylic acids is 1. The number of aromatic nitrogens is 4. The fourth-order valence-electron chi connectivity index (χ4n) is 1.49. The van der Waals surface area contributed by atoms with Crippen LogP contribution in [0, 0.1) is 0 Å². The van der Waals surface area contributed by atoms with Gasteiger partial charge in [-0.1, -0.05) is 5.10 Å². The Bertz CT molecular complexity index is 716. The van der Waals surface area contributed by atoms with Gasteiger partial charge in [0.25, 0.3) is 5.91 Å². The van der Waals surface area contributed by atoms with Gasteiger partial charge in [-0.15, -0.1) is 0 Å². The van der Waals surface area contributed by atoms with Gasteiger partial charge >= 0.3 is 0 Å². The van der Waals surface area contributed by atoms with Crippen LogP contribution in [0.3, 0.4) is 0 Å². The molecular weight excluding hydrogens is 358 g/mol. The first-order valence-electron chi connectivity index (χ1n) is 5.91. The van der Waals surface area contributed by atoms with Crippen LogP contribution in [0.5, 0.6) is 11.5 Å². The van der Waals surface area contributed by atoms with Crippen LogP contribution < -0.4 is 15.9 Å². The Morgan fingerprint density at radius 2 is 2.41 bits per heavy atom. The number of nitrogens with zero attached hydrogens (tertiary/aromatic N) is 5. The number of methoxy groups -OCH3 is 1. The fourth-order valence-corrected chi connectivity index (χ4v) is 1.92. The number of carbonyl (C=O) groups is 1. The number of phenols is 1. The smallest absolute Gasteiger partial charge is 0.261 e. The fraction of sp³-hybridized carbons (Fsp3) is 0.182. The molecule has 0 fully saturated rings. The average Bonchev–Trinajstić information content (AvgIpc) is 2.86. The van der Waals surface area contributed by atoms with Crippen LogP contribution in [0.4, 0.5) is 5.95 Å². The molecule has 0 aliphatic rings. The minimum absolute atomic E-state index is 0.00952. The summed E-state index contributed by atoms with van der Waals surface area (Å²) in [5, 5.41) is 23.7. The summed E-state index contributed by atoms with van der Waals surface area (Å²) in [5.41, 5.74) is 8.36. The SMILES string of the molecule is COc1cc(C=NNC(=O)Cn2nnnc2N)c(Br)cc1O. The third-order valence-electron chi connectivity index (χ3n) is 2.54. The topological polar surface area (TPSA) is 141 Å². The van der Waals surface area contributed by atoms with E-state index in [2.05, 4.69) is 42.0 Å². The Kier molecular flexibility index (Phi) is 4.88. The van der Waals surface area contributed by atoms with Crippen LogP contribution in [-0.4, -0.2) is 44.5 Å². The zero-order valence-electron chi connectivity index (χ0n) is 11.4. The van der Waals surface area contributed by atoms with Crippen molar-refractivity contribution in [3.63, 3.8) is 0 Å². The minimum Gasteiger partial charge on any atom is -0.504 e. The summed E-state index contributed by atoms with van der Waals surface area (Å²) in [6, 6.07) is 3.03. The second kappa shape index (κ2) is 6.85. The van der Waals surface area contributed by atoms with Crippen molar-refractivity contribution in [3.8, 4) is 11.5 Å². The summed E-state index contributed by atoms with van der Waals surface area (Å²) in [5.74, 6) is -0.135. The van der Waals surface area contributed by atoms with Gasteiger partial charge in [0.05, 0.1) is 13.3 Å². The van der Waals surface area contributed by atoms with Crippen molar-refractivity contribution in [1.29, 1.82) is 0 Å². The number of aromatic hydroxyl groups is 1. The number of benzene rings is 1. The number of amides is 1. The van der Waals surface area contributed by atoms with Gasteiger partial charge in [0.15, 0.2) is 11.5 Å². The molecule has 0 aliphatic carbocycles. The van der Waals surface area contributed by atoms with Crippen molar-refractivity contribution in [2.45, 2.75) is 6.54 Å². The van der Waals surface area contributed by atoms with Crippen LogP contribution in [0.1, 0.15) is 5.56 Å². The summed E-state index contributed by atoms with van der Waals surface area (Å²) in [4.78, 5) is 11.6. The highest BCUT2D eigenvalue weighted by Gasteiger charge is 2.08. The van der Waals surface area contributed by atoms with E-state index in [1.165, 1.54) is 19.4 Å². The number of phenolic OH excluding ortho intramolecular Hbond substituents is 1. The van der Waals surface area contributed by atoms with Crippen LogP contribution in [0.15, 0.2) is 21.7 Å². The van der Waals surface area contributed by atoms with Crippen LogP contribution >= 0.6 is 15.9 Å². The zero-order chi connectivity index (χ0) is 16.1. The molecule has 0 saturated heterocycles. The molecule has 4 N–H and O–H groups in total. The van der Waals surface area contributed by atoms with Crippen molar-refractivity contribution in [3.05, 3.63) is 22.2 Å². The number of hydrazone groups is 1. The highest BCUT2D eigenvalue weighted by molar-refractivity contribution is 9.10. The molecule has 1 aromatic heterocycles. The summed E-state index contributed by atoms with van der Waals surface area (Å²) in [6.45, 7) is -0.157. The number of halogens is 1. The second-order valence-corrected chi connectivity index (χ2v) is 4.89. The van der Waals surface area contributed by atoms with E-state index >= 15 is 0 Å². The van der Waals surface area contributed by atoms with E-state index in [1.54, 1.807) is 6.07 Å². The number of hydrogen-bond acceptors (Lipinski definition) is 8. The molecule has 0 aliphatic heterocycles. The number of ether oxygens (including phenoxy) is 1. The maximum atomic E-state index is 11.6. The summed E-state index contributed by atoms with van der Waals surface area (Å²) >= 11 is 3.27. The number of rotatable bonds is 5. The van der Waals surface area contributed by atoms with Crippen LogP contribution in [0.2, 0.25) is 0 Å². The first-order chi connectivity index (χ1) is 10.5. The number of nitrogens with one attached hydrogen (secondary N) is 1. The van der Waals surface area contributed by atoms with Crippen molar-refractivity contribution >= 4 is 34.0 Å². The summed E-state index contributed by atoms with van der Waals surface area (Å²) in [7, 11) is 1.43. The lowest BCUT2D eigenvalue weighted by molar-refractivity contribution is -0.121. The van der Waals surface area contributed by atoms with E-state index in [0.29, 0.717) is 10.0 Å². The molecule has 0 unspecified atom stereocenters. The lowest BCUT2D eigenvalue weighted by Crippen LogP contribution is -2.24. The molecule has 116 valence electrons. The van der Waals surface area contributed by atoms with Crippen molar-refractivity contribution in [2.24, 2.45) is 5.10 Å². The molecular formula is C11H12BrN7O3. The molecule has 10 nitrogen and oxygen atoms in total. The van der Waals surface area contributed by atoms with Gasteiger partial charge in [-0.25, -0.2) is 10.1 Å². The van der Waals surface area contributed by atoms with E-state index in [1.807, 2.05) is 0 Å². The lowest BCUT2D eigenvalue weighted by Gasteiger charge is -2.06. The van der Waals surface area contributed by atoms with E-state index < -0.39 is 5.91 Å². The van der Waals surface area contributed by atoms with E-state index in [0.717, 1.165) is 4.68 Å². The minimum atomic E-state index is -0.447. The Balaban J connectivity index is 2.00. The number of tetrazole rings is 1. The zero-order valence-corrected chi connectivity index (χ0v) is 13.0. The predicted molar refractivity (Wildman–Crippen MR) is 80.3 cm³/mol. The van der Waals surface area contributed by atoms with Gasteiger partial charge < -0.3 is 15.6 Å². The van der Waals surface area contributed by atoms with Gasteiger partial charge in [-0.3, -0.25) is 4.79 Å². The quantitative estimate of drug-likeness (QED) is 0.492. The predicted octanol–water partition coefficient (Wildman–Crippen LogP) is -0.118. The first-order valence-corrected chi connectivity index (χ1v) is 6.70. The number of hydrogen-bond donors (Lipinski definition) is 3. The third-order valence-corrected chi connectivity index (χ3v) is 3.23. The Morgan fingerprint density at radius 1 is 1.64 bits per heavy atom. The Morgan fingerprint density at radius 3 is 3.05 bits per heavy atom. The molecule has 1 amide bonds. The van der Waals surface area contributed by atoms with Crippen molar-refractivity contribution in [2.75, 3.05) is 12.8 Å². The Labute approximate surface area is 133 Å². The van der Waals surface area contributed by atoms with Gasteiger partial charge in [0.2, 0.25) is 5.95 Å². The number of nitrogen functional groups attached to an aromatic ring is 1. The Hall–Kier alpha value is -2.69. The van der Waals surface area contributed by atoms with E-state index in [-0.39, 0.29) is 24.0 Å². The van der Waals surface area contributed by atoms with E-state index in [4.69, 9.17) is 10.5 Å². The summed E-state index contributed by atoms with van der Waals surface area (Å²) in [6.07, 6.45) is 1.40. The van der Waals surface area contributed by atoms with Gasteiger partial charge in [0, 0.05) is 10.0 Å². The molecule has 22 heavy (non-hydrogen) atoms. The highest BCUT2D eigenvalue weighted by Crippen LogP contribution is 2.31. The first kappa shape index (κ1) is 15.7. The molecule has 0 atom stereocenters. The largest absolute Gasteiger partial charge is 0.504 e. The molecule has 0 spiro atoms. The average molecular weight is 370 g/mol. The standard InChI is InChI=1S/C11H12BrN7O3/c1-22-9-2-6(7(12)3-8(9)20)4-14-15-10(21)5-19-11(13)16-17-18-19/h2-4,20H,5H2,1H3,(H,15,21)(H2,13,16,18). The molecule has 0 radical (unpaired) electrons. The monoisotopic (exact) mass is 369 g/mol. The van der Waals surface area contributed by atoms with E-state index in [9.17, 15) is 9.90 Å². The molecule has 1 heterocycles. The maximum absolute atomic E-state index is 11.6. The van der Waals surface area contributed by atoms with Crippen LogP contribution in [0.25, 0.3) is 0 Å².